The molecule has 0 aromatic heterocycles. The van der Waals surface area contributed by atoms with Crippen LogP contribution < -0.4 is 4.83 Å². The lowest BCUT2D eigenvalue weighted by atomic mass is 10.1. The molecule has 0 unspecified atom stereocenters. The molecule has 96 valence electrons. The smallest absolute Gasteiger partial charge is 0.200 e. The fourth-order valence-electron chi connectivity index (χ4n) is 1.69. The quantitative estimate of drug-likeness (QED) is 0.852. The molecule has 0 saturated carbocycles. The van der Waals surface area contributed by atoms with Crippen molar-refractivity contribution in [2.24, 2.45) is 5.10 Å². The fraction of sp³-hybridized carbons (Fsp3) is 0.308. The predicted octanol–water partition coefficient (Wildman–Crippen LogP) is 2.37. The highest BCUT2D eigenvalue weighted by Gasteiger charge is 2.12. The minimum absolute atomic E-state index is 0.234. The van der Waals surface area contributed by atoms with Crippen LogP contribution in [0, 0.1) is 6.92 Å². The van der Waals surface area contributed by atoms with E-state index in [1.165, 1.54) is 0 Å². The van der Waals surface area contributed by atoms with Gasteiger partial charge in [-0.3, -0.25) is 0 Å². The topological polar surface area (TPSA) is 58.5 Å². The lowest BCUT2D eigenvalue weighted by Crippen LogP contribution is -2.20. The van der Waals surface area contributed by atoms with Crippen LogP contribution in [-0.2, 0) is 10.0 Å². The van der Waals surface area contributed by atoms with Crippen molar-refractivity contribution in [1.82, 2.24) is 4.83 Å². The molecule has 0 bridgehead atoms. The van der Waals surface area contributed by atoms with Crippen LogP contribution in [0.1, 0.15) is 24.8 Å². The highest BCUT2D eigenvalue weighted by Crippen LogP contribution is 2.11. The van der Waals surface area contributed by atoms with Crippen molar-refractivity contribution in [3.63, 3.8) is 0 Å². The second-order valence-electron chi connectivity index (χ2n) is 4.31. The van der Waals surface area contributed by atoms with E-state index in [1.54, 1.807) is 24.3 Å². The van der Waals surface area contributed by atoms with E-state index in [2.05, 4.69) is 9.93 Å². The Hall–Kier alpha value is -1.62. The Morgan fingerprint density at radius 3 is 2.56 bits per heavy atom. The lowest BCUT2D eigenvalue weighted by molar-refractivity contribution is 0.584. The van der Waals surface area contributed by atoms with Crippen LogP contribution in [0.25, 0.3) is 0 Å². The normalized spacial score (nSPS) is 17.9. The van der Waals surface area contributed by atoms with E-state index < -0.39 is 10.0 Å². The third kappa shape index (κ3) is 3.20. The number of nitrogens with one attached hydrogen (secondary N) is 1. The summed E-state index contributed by atoms with van der Waals surface area (Å²) in [5, 5.41) is 3.95. The number of hydrogen-bond donors (Lipinski definition) is 1. The van der Waals surface area contributed by atoms with Crippen LogP contribution in [-0.4, -0.2) is 14.1 Å². The first kappa shape index (κ1) is 12.8. The number of rotatable bonds is 3. The highest BCUT2D eigenvalue weighted by molar-refractivity contribution is 7.89. The number of hydrogen-bond acceptors (Lipinski definition) is 3. The van der Waals surface area contributed by atoms with Gasteiger partial charge in [-0.1, -0.05) is 23.8 Å². The molecule has 5 heteroatoms. The Balaban J connectivity index is 2.14. The Labute approximate surface area is 107 Å². The van der Waals surface area contributed by atoms with Gasteiger partial charge in [0.1, 0.15) is 0 Å². The van der Waals surface area contributed by atoms with E-state index in [9.17, 15) is 8.42 Å². The van der Waals surface area contributed by atoms with E-state index in [4.69, 9.17) is 0 Å². The molecule has 4 nitrogen and oxygen atoms in total. The molecule has 0 saturated heterocycles. The van der Waals surface area contributed by atoms with E-state index in [0.717, 1.165) is 30.5 Å². The second-order valence-corrected chi connectivity index (χ2v) is 5.97. The second kappa shape index (κ2) is 5.35. The first-order valence-corrected chi connectivity index (χ1v) is 7.38. The number of benzene rings is 1. The number of sulfonamides is 1. The van der Waals surface area contributed by atoms with Crippen molar-refractivity contribution in [3.8, 4) is 0 Å². The number of aryl methyl sites for hydroxylation is 1. The maximum Gasteiger partial charge on any atom is 0.276 e. The van der Waals surface area contributed by atoms with Gasteiger partial charge in [0.25, 0.3) is 10.0 Å². The molecule has 0 radical (unpaired) electrons. The third-order valence-corrected chi connectivity index (χ3v) is 3.98. The van der Waals surface area contributed by atoms with Crippen molar-refractivity contribution in [2.75, 3.05) is 0 Å². The fourth-order valence-corrected chi connectivity index (χ4v) is 2.52. The molecule has 1 N–H and O–H groups in total. The monoisotopic (exact) mass is 264 g/mol. The molecule has 2 rings (SSSR count). The maximum absolute atomic E-state index is 11.9. The summed E-state index contributed by atoms with van der Waals surface area (Å²) in [6.45, 7) is 1.91. The highest BCUT2D eigenvalue weighted by atomic mass is 32.2. The molecule has 1 aromatic carbocycles. The van der Waals surface area contributed by atoms with Gasteiger partial charge in [-0.25, -0.2) is 0 Å². The summed E-state index contributed by atoms with van der Waals surface area (Å²) >= 11 is 0. The van der Waals surface area contributed by atoms with Crippen LogP contribution in [0.4, 0.5) is 0 Å². The first-order valence-electron chi connectivity index (χ1n) is 5.89. The lowest BCUT2D eigenvalue weighted by Gasteiger charge is -2.08. The summed E-state index contributed by atoms with van der Waals surface area (Å²) in [4.78, 5) is 2.51. The van der Waals surface area contributed by atoms with Crippen molar-refractivity contribution in [1.29, 1.82) is 0 Å². The van der Waals surface area contributed by atoms with Gasteiger partial charge in [0.2, 0.25) is 0 Å². The molecular formula is C13H16N2O2S. The number of allylic oxidation sites excluding steroid dienone is 2. The van der Waals surface area contributed by atoms with Gasteiger partial charge in [0.05, 0.1) is 10.6 Å². The summed E-state index contributed by atoms with van der Waals surface area (Å²) in [5.74, 6) is 0. The van der Waals surface area contributed by atoms with Crippen molar-refractivity contribution >= 4 is 15.7 Å². The Morgan fingerprint density at radius 2 is 1.94 bits per heavy atom. The van der Waals surface area contributed by atoms with Crippen molar-refractivity contribution < 1.29 is 8.42 Å². The molecule has 0 heterocycles. The van der Waals surface area contributed by atoms with Gasteiger partial charge in [0, 0.05) is 0 Å². The van der Waals surface area contributed by atoms with Crippen LogP contribution in [0.5, 0.6) is 0 Å². The maximum atomic E-state index is 11.9. The molecular weight excluding hydrogens is 248 g/mol. The Morgan fingerprint density at radius 1 is 1.22 bits per heavy atom. The zero-order chi connectivity index (χ0) is 13.0. The molecule has 0 fully saturated rings. The SMILES string of the molecule is Cc1ccc(S(=O)(=O)N/N=C2\C=CCCC2)cc1. The molecule has 18 heavy (non-hydrogen) atoms. The predicted molar refractivity (Wildman–Crippen MR) is 71.9 cm³/mol. The van der Waals surface area contributed by atoms with E-state index >= 15 is 0 Å². The average Bonchev–Trinajstić information content (AvgIpc) is 2.38. The van der Waals surface area contributed by atoms with Crippen LogP contribution >= 0.6 is 0 Å². The molecule has 1 aliphatic carbocycles. The zero-order valence-electron chi connectivity index (χ0n) is 10.3. The zero-order valence-corrected chi connectivity index (χ0v) is 11.1. The van der Waals surface area contributed by atoms with Gasteiger partial charge in [-0.2, -0.15) is 18.4 Å². The van der Waals surface area contributed by atoms with E-state index in [-0.39, 0.29) is 4.90 Å². The van der Waals surface area contributed by atoms with Gasteiger partial charge in [-0.15, -0.1) is 0 Å². The molecule has 1 aliphatic rings. The van der Waals surface area contributed by atoms with Gasteiger partial charge in [0.15, 0.2) is 0 Å². The summed E-state index contributed by atoms with van der Waals surface area (Å²) in [5.41, 5.74) is 1.80. The Bertz CT molecular complexity index is 572. The van der Waals surface area contributed by atoms with Gasteiger partial charge >= 0.3 is 0 Å². The summed E-state index contributed by atoms with van der Waals surface area (Å²) < 4.78 is 23.9. The molecule has 1 aromatic rings. The summed E-state index contributed by atoms with van der Waals surface area (Å²) in [6.07, 6.45) is 6.72. The first-order chi connectivity index (χ1) is 8.58. The Kier molecular flexibility index (Phi) is 3.81. The van der Waals surface area contributed by atoms with Crippen LogP contribution in [0.3, 0.4) is 0 Å². The third-order valence-electron chi connectivity index (χ3n) is 2.75. The van der Waals surface area contributed by atoms with E-state index in [1.807, 2.05) is 19.1 Å². The van der Waals surface area contributed by atoms with Crippen LogP contribution in [0.15, 0.2) is 46.4 Å². The summed E-state index contributed by atoms with van der Waals surface area (Å²) in [7, 11) is -3.55. The minimum atomic E-state index is -3.55. The van der Waals surface area contributed by atoms with E-state index in [0.29, 0.717) is 0 Å². The molecule has 0 aliphatic heterocycles. The van der Waals surface area contributed by atoms with Crippen molar-refractivity contribution in [3.05, 3.63) is 42.0 Å². The van der Waals surface area contributed by atoms with Gasteiger partial charge in [-0.05, 0) is 44.4 Å². The van der Waals surface area contributed by atoms with Crippen LogP contribution in [0.2, 0.25) is 0 Å². The number of nitrogens with zero attached hydrogens (tertiary/aromatic N) is 1. The van der Waals surface area contributed by atoms with Gasteiger partial charge < -0.3 is 0 Å². The molecule has 0 atom stereocenters. The summed E-state index contributed by atoms with van der Waals surface area (Å²) in [6, 6.07) is 6.69. The largest absolute Gasteiger partial charge is 0.276 e. The molecule has 0 amide bonds. The average molecular weight is 264 g/mol. The standard InChI is InChI=1S/C13H16N2O2S/c1-11-7-9-13(10-8-11)18(16,17)15-14-12-5-3-2-4-6-12/h3,5,7-10,15H,2,4,6H2,1H3/b14-12+. The molecule has 0 spiro atoms. The van der Waals surface area contributed by atoms with Crippen molar-refractivity contribution in [2.45, 2.75) is 31.1 Å². The number of hydrazone groups is 1. The minimum Gasteiger partial charge on any atom is -0.200 e.